The number of anilines is 1. The lowest BCUT2D eigenvalue weighted by molar-refractivity contribution is 0.0600. The zero-order chi connectivity index (χ0) is 21.1. The number of halogens is 1. The van der Waals surface area contributed by atoms with Crippen LogP contribution >= 0.6 is 22.9 Å². The third-order valence-corrected chi connectivity index (χ3v) is 6.49. The van der Waals surface area contributed by atoms with E-state index in [9.17, 15) is 9.59 Å². The summed E-state index contributed by atoms with van der Waals surface area (Å²) in [5.41, 5.74) is 3.18. The maximum absolute atomic E-state index is 12.7. The van der Waals surface area contributed by atoms with Gasteiger partial charge in [0.2, 0.25) is 0 Å². The van der Waals surface area contributed by atoms with Crippen LogP contribution in [0.3, 0.4) is 0 Å². The fourth-order valence-electron chi connectivity index (χ4n) is 3.62. The molecule has 5 nitrogen and oxygen atoms in total. The number of carbonyl (C=O) groups is 2. The average Bonchev–Trinajstić information content (AvgIpc) is 3.11. The number of benzene rings is 2. The Kier molecular flexibility index (Phi) is 6.18. The topological polar surface area (TPSA) is 58.6 Å². The zero-order valence-corrected chi connectivity index (χ0v) is 18.1. The van der Waals surface area contributed by atoms with Crippen LogP contribution in [-0.4, -0.2) is 30.4 Å². The molecule has 4 rings (SSSR count). The summed E-state index contributed by atoms with van der Waals surface area (Å²) in [6, 6.07) is 17.0. The Morgan fingerprint density at radius 1 is 1.13 bits per heavy atom. The monoisotopic (exact) mass is 440 g/mol. The molecule has 30 heavy (non-hydrogen) atoms. The largest absolute Gasteiger partial charge is 0.465 e. The van der Waals surface area contributed by atoms with Crippen LogP contribution in [0.1, 0.15) is 36.7 Å². The Hall–Kier alpha value is -2.67. The van der Waals surface area contributed by atoms with Gasteiger partial charge >= 0.3 is 5.97 Å². The van der Waals surface area contributed by atoms with Crippen molar-refractivity contribution < 1.29 is 14.3 Å². The van der Waals surface area contributed by atoms with Crippen LogP contribution in [0.5, 0.6) is 0 Å². The van der Waals surface area contributed by atoms with Gasteiger partial charge < -0.3 is 10.1 Å². The van der Waals surface area contributed by atoms with Gasteiger partial charge in [-0.15, -0.1) is 11.3 Å². The summed E-state index contributed by atoms with van der Waals surface area (Å²) in [5, 5.41) is 4.00. The predicted molar refractivity (Wildman–Crippen MR) is 119 cm³/mol. The van der Waals surface area contributed by atoms with Crippen molar-refractivity contribution in [1.82, 2.24) is 4.90 Å². The lowest BCUT2D eigenvalue weighted by Crippen LogP contribution is -2.29. The molecule has 154 valence electrons. The van der Waals surface area contributed by atoms with Crippen LogP contribution < -0.4 is 5.32 Å². The van der Waals surface area contributed by atoms with Crippen molar-refractivity contribution >= 4 is 39.8 Å². The maximum Gasteiger partial charge on any atom is 0.341 e. The molecule has 0 saturated heterocycles. The SMILES string of the molecule is COC(=O)c1c(NC(=O)c2ccc(Cl)cc2)sc2c1CCN(Cc1ccccc1)C2. The van der Waals surface area contributed by atoms with Crippen LogP contribution in [0.25, 0.3) is 0 Å². The molecule has 0 fully saturated rings. The molecule has 0 aliphatic carbocycles. The normalized spacial score (nSPS) is 13.5. The van der Waals surface area contributed by atoms with Gasteiger partial charge in [-0.25, -0.2) is 4.79 Å². The second-order valence-corrected chi connectivity index (χ2v) is 8.65. The fraction of sp³-hybridized carbons (Fsp3) is 0.217. The van der Waals surface area contributed by atoms with E-state index in [-0.39, 0.29) is 5.91 Å². The van der Waals surface area contributed by atoms with Crippen LogP contribution in [-0.2, 0) is 24.2 Å². The molecule has 0 atom stereocenters. The Labute approximate surface area is 184 Å². The van der Waals surface area contributed by atoms with Gasteiger partial charge in [-0.2, -0.15) is 0 Å². The Balaban J connectivity index is 1.58. The van der Waals surface area contributed by atoms with Gasteiger partial charge in [0.25, 0.3) is 5.91 Å². The van der Waals surface area contributed by atoms with Crippen LogP contribution in [0, 0.1) is 0 Å². The molecule has 0 saturated carbocycles. The number of esters is 1. The van der Waals surface area contributed by atoms with Gasteiger partial charge in [-0.3, -0.25) is 9.69 Å². The summed E-state index contributed by atoms with van der Waals surface area (Å²) in [6.45, 7) is 2.42. The summed E-state index contributed by atoms with van der Waals surface area (Å²) in [7, 11) is 1.36. The number of amides is 1. The minimum atomic E-state index is -0.421. The third-order valence-electron chi connectivity index (χ3n) is 5.11. The van der Waals surface area contributed by atoms with Crippen LogP contribution in [0.4, 0.5) is 5.00 Å². The van der Waals surface area contributed by atoms with E-state index in [0.717, 1.165) is 36.5 Å². The van der Waals surface area contributed by atoms with Crippen molar-refractivity contribution in [1.29, 1.82) is 0 Å². The first-order valence-corrected chi connectivity index (χ1v) is 10.8. The molecule has 1 N–H and O–H groups in total. The summed E-state index contributed by atoms with van der Waals surface area (Å²) in [6.07, 6.45) is 0.736. The minimum absolute atomic E-state index is 0.281. The molecule has 2 heterocycles. The van der Waals surface area contributed by atoms with Crippen molar-refractivity contribution in [2.24, 2.45) is 0 Å². The Morgan fingerprint density at radius 3 is 2.57 bits per heavy atom. The highest BCUT2D eigenvalue weighted by molar-refractivity contribution is 7.17. The molecule has 0 radical (unpaired) electrons. The van der Waals surface area contributed by atoms with Gasteiger partial charge in [0.15, 0.2) is 0 Å². The van der Waals surface area contributed by atoms with E-state index in [4.69, 9.17) is 16.3 Å². The number of thiophene rings is 1. The first kappa shape index (κ1) is 20.6. The Bertz CT molecular complexity index is 1060. The van der Waals surface area contributed by atoms with Gasteiger partial charge in [0, 0.05) is 35.1 Å². The summed E-state index contributed by atoms with van der Waals surface area (Å²) in [5.74, 6) is -0.702. The summed E-state index contributed by atoms with van der Waals surface area (Å²) >= 11 is 7.35. The number of fused-ring (bicyclic) bond motifs is 1. The zero-order valence-electron chi connectivity index (χ0n) is 16.5. The molecule has 0 bridgehead atoms. The summed E-state index contributed by atoms with van der Waals surface area (Å²) < 4.78 is 5.01. The molecule has 1 aliphatic heterocycles. The molecule has 7 heteroatoms. The quantitative estimate of drug-likeness (QED) is 0.567. The van der Waals surface area contributed by atoms with Crippen molar-refractivity contribution in [3.05, 3.63) is 86.8 Å². The number of nitrogens with one attached hydrogen (secondary N) is 1. The number of methoxy groups -OCH3 is 1. The second kappa shape index (κ2) is 9.00. The maximum atomic E-state index is 12.7. The van der Waals surface area contributed by atoms with Gasteiger partial charge in [-0.1, -0.05) is 41.9 Å². The third kappa shape index (κ3) is 4.41. The highest BCUT2D eigenvalue weighted by atomic mass is 35.5. The molecule has 0 spiro atoms. The number of hydrogen-bond acceptors (Lipinski definition) is 5. The van der Waals surface area contributed by atoms with E-state index in [2.05, 4.69) is 22.3 Å². The minimum Gasteiger partial charge on any atom is -0.465 e. The lowest BCUT2D eigenvalue weighted by atomic mass is 10.0. The van der Waals surface area contributed by atoms with Gasteiger partial charge in [-0.05, 0) is 41.8 Å². The van der Waals surface area contributed by atoms with E-state index in [0.29, 0.717) is 21.2 Å². The van der Waals surface area contributed by atoms with Crippen molar-refractivity contribution in [2.45, 2.75) is 19.5 Å². The average molecular weight is 441 g/mol. The molecule has 1 aromatic heterocycles. The number of nitrogens with zero attached hydrogens (tertiary/aromatic N) is 1. The molecular weight excluding hydrogens is 420 g/mol. The second-order valence-electron chi connectivity index (χ2n) is 7.11. The van der Waals surface area contributed by atoms with E-state index in [1.807, 2.05) is 18.2 Å². The molecule has 1 amide bonds. The molecule has 2 aromatic carbocycles. The van der Waals surface area contributed by atoms with Crippen molar-refractivity contribution in [3.8, 4) is 0 Å². The number of carbonyl (C=O) groups excluding carboxylic acids is 2. The first-order valence-electron chi connectivity index (χ1n) is 9.61. The van der Waals surface area contributed by atoms with Gasteiger partial charge in [0.05, 0.1) is 12.7 Å². The molecule has 0 unspecified atom stereocenters. The highest BCUT2D eigenvalue weighted by Crippen LogP contribution is 2.38. The smallest absolute Gasteiger partial charge is 0.341 e. The molecule has 1 aliphatic rings. The molecular formula is C23H21ClN2O3S. The van der Waals surface area contributed by atoms with Crippen molar-refractivity contribution in [2.75, 3.05) is 19.0 Å². The van der Waals surface area contributed by atoms with E-state index < -0.39 is 5.97 Å². The number of ether oxygens (including phenoxy) is 1. The predicted octanol–water partition coefficient (Wildman–Crippen LogP) is 5.00. The standard InChI is InChI=1S/C23H21ClN2O3S/c1-29-23(28)20-18-11-12-26(13-15-5-3-2-4-6-15)14-19(18)30-22(20)25-21(27)16-7-9-17(24)10-8-16/h2-10H,11-14H2,1H3,(H,25,27). The van der Waals surface area contributed by atoms with Crippen LogP contribution in [0.2, 0.25) is 5.02 Å². The highest BCUT2D eigenvalue weighted by Gasteiger charge is 2.29. The van der Waals surface area contributed by atoms with E-state index in [1.54, 1.807) is 24.3 Å². The van der Waals surface area contributed by atoms with Crippen molar-refractivity contribution in [3.63, 3.8) is 0 Å². The lowest BCUT2D eigenvalue weighted by Gasteiger charge is -2.27. The number of hydrogen-bond donors (Lipinski definition) is 1. The number of rotatable bonds is 5. The van der Waals surface area contributed by atoms with Crippen LogP contribution in [0.15, 0.2) is 54.6 Å². The molecule has 3 aromatic rings. The fourth-order valence-corrected chi connectivity index (χ4v) is 5.01. The summed E-state index contributed by atoms with van der Waals surface area (Å²) in [4.78, 5) is 28.6. The van der Waals surface area contributed by atoms with E-state index >= 15 is 0 Å². The Morgan fingerprint density at radius 2 is 1.87 bits per heavy atom. The first-order chi connectivity index (χ1) is 14.5. The van der Waals surface area contributed by atoms with Gasteiger partial charge in [0.1, 0.15) is 5.00 Å². The van der Waals surface area contributed by atoms with E-state index in [1.165, 1.54) is 24.0 Å².